The first-order chi connectivity index (χ1) is 14.9. The molecule has 0 radical (unpaired) electrons. The van der Waals surface area contributed by atoms with Gasteiger partial charge < -0.3 is 4.74 Å². The number of hydroxylamine groups is 1. The van der Waals surface area contributed by atoms with Crippen LogP contribution in [0.4, 0.5) is 5.69 Å². The van der Waals surface area contributed by atoms with Gasteiger partial charge in [-0.3, -0.25) is 14.3 Å². The zero-order valence-corrected chi connectivity index (χ0v) is 17.8. The predicted octanol–water partition coefficient (Wildman–Crippen LogP) is 3.46. The number of sulfonamides is 1. The Kier molecular flexibility index (Phi) is 6.74. The van der Waals surface area contributed by atoms with Gasteiger partial charge in [-0.25, -0.2) is 13.9 Å². The van der Waals surface area contributed by atoms with Crippen LogP contribution in [0, 0.1) is 0 Å². The molecule has 0 aromatic heterocycles. The molecular formula is C23H22N2O5S. The molecular weight excluding hydrogens is 416 g/mol. The molecule has 0 heterocycles. The van der Waals surface area contributed by atoms with E-state index < -0.39 is 15.9 Å². The molecule has 2 N–H and O–H groups in total. The summed E-state index contributed by atoms with van der Waals surface area (Å²) >= 11 is 0. The summed E-state index contributed by atoms with van der Waals surface area (Å²) in [5.41, 5.74) is 3.90. The van der Waals surface area contributed by atoms with Crippen molar-refractivity contribution in [2.24, 2.45) is 0 Å². The molecule has 0 saturated heterocycles. The fourth-order valence-electron chi connectivity index (χ4n) is 3.03. The molecule has 3 aromatic rings. The first-order valence-corrected chi connectivity index (χ1v) is 10.8. The maximum absolute atomic E-state index is 13.1. The minimum atomic E-state index is -3.81. The van der Waals surface area contributed by atoms with E-state index in [1.54, 1.807) is 41.9 Å². The second-order valence-electron chi connectivity index (χ2n) is 6.60. The third kappa shape index (κ3) is 4.93. The van der Waals surface area contributed by atoms with E-state index in [1.807, 2.05) is 30.3 Å². The van der Waals surface area contributed by atoms with Crippen LogP contribution in [0.1, 0.15) is 11.1 Å². The first-order valence-electron chi connectivity index (χ1n) is 9.31. The van der Waals surface area contributed by atoms with Gasteiger partial charge in [-0.15, -0.1) is 0 Å². The van der Waals surface area contributed by atoms with Crippen molar-refractivity contribution in [2.75, 3.05) is 18.5 Å². The molecule has 0 aliphatic rings. The molecule has 7 nitrogen and oxygen atoms in total. The van der Waals surface area contributed by atoms with Crippen LogP contribution < -0.4 is 14.5 Å². The van der Waals surface area contributed by atoms with Gasteiger partial charge in [0.25, 0.3) is 15.9 Å². The summed E-state index contributed by atoms with van der Waals surface area (Å²) in [7, 11) is -0.840. The van der Waals surface area contributed by atoms with Crippen LogP contribution in [-0.4, -0.2) is 33.7 Å². The minimum Gasteiger partial charge on any atom is -0.497 e. The Morgan fingerprint density at radius 1 is 0.968 bits per heavy atom. The van der Waals surface area contributed by atoms with E-state index in [-0.39, 0.29) is 4.90 Å². The fraction of sp³-hybridized carbons (Fsp3) is 0.0870. The average Bonchev–Trinajstić information content (AvgIpc) is 2.82. The van der Waals surface area contributed by atoms with Crippen molar-refractivity contribution in [1.29, 1.82) is 0 Å². The fourth-order valence-corrected chi connectivity index (χ4v) is 4.22. The highest BCUT2D eigenvalue weighted by molar-refractivity contribution is 7.92. The molecule has 0 fully saturated rings. The summed E-state index contributed by atoms with van der Waals surface area (Å²) in [5.74, 6) is -0.133. The number of nitrogens with zero attached hydrogens (tertiary/aromatic N) is 1. The lowest BCUT2D eigenvalue weighted by atomic mass is 9.97. The number of ether oxygens (including phenoxy) is 1. The Hall–Kier alpha value is -3.62. The molecule has 0 atom stereocenters. The summed E-state index contributed by atoms with van der Waals surface area (Å²) in [4.78, 5) is 12.0. The Balaban J connectivity index is 2.02. The van der Waals surface area contributed by atoms with E-state index >= 15 is 0 Å². The number of anilines is 1. The molecule has 0 spiro atoms. The third-order valence-electron chi connectivity index (χ3n) is 4.71. The average molecular weight is 439 g/mol. The van der Waals surface area contributed by atoms with Crippen molar-refractivity contribution in [2.45, 2.75) is 4.90 Å². The SMILES string of the molecule is COc1ccc(S(=O)(=O)N(C)c2cccc(/C(=C\C(=O)NO)c3ccccc3)c2)cc1. The van der Waals surface area contributed by atoms with E-state index in [2.05, 4.69) is 0 Å². The van der Waals surface area contributed by atoms with Gasteiger partial charge in [-0.2, -0.15) is 0 Å². The highest BCUT2D eigenvalue weighted by atomic mass is 32.2. The Bertz CT molecular complexity index is 1190. The second-order valence-corrected chi connectivity index (χ2v) is 8.57. The lowest BCUT2D eigenvalue weighted by Crippen LogP contribution is -2.26. The smallest absolute Gasteiger partial charge is 0.267 e. The predicted molar refractivity (Wildman–Crippen MR) is 118 cm³/mol. The standard InChI is InChI=1S/C23H22N2O5S/c1-25(31(28,29)21-13-11-20(30-2)12-14-21)19-10-6-9-18(15-19)22(16-23(26)24-27)17-7-4-3-5-8-17/h3-16,27H,1-2H3,(H,24,26)/b22-16-. The van der Waals surface area contributed by atoms with Gasteiger partial charge in [0, 0.05) is 13.1 Å². The largest absolute Gasteiger partial charge is 0.497 e. The molecule has 0 unspecified atom stereocenters. The molecule has 0 aliphatic carbocycles. The summed E-state index contributed by atoms with van der Waals surface area (Å²) in [5, 5.41) is 8.95. The number of hydrogen-bond donors (Lipinski definition) is 2. The van der Waals surface area contributed by atoms with Crippen molar-refractivity contribution in [3.63, 3.8) is 0 Å². The Morgan fingerprint density at radius 2 is 1.61 bits per heavy atom. The molecule has 3 aromatic carbocycles. The molecule has 0 bridgehead atoms. The summed E-state index contributed by atoms with van der Waals surface area (Å²) < 4.78 is 32.4. The minimum absolute atomic E-state index is 0.125. The molecule has 3 rings (SSSR count). The number of rotatable bonds is 7. The second kappa shape index (κ2) is 9.46. The van der Waals surface area contributed by atoms with Crippen LogP contribution in [0.15, 0.2) is 89.8 Å². The van der Waals surface area contributed by atoms with Crippen LogP contribution in [0.25, 0.3) is 5.57 Å². The van der Waals surface area contributed by atoms with Crippen molar-refractivity contribution < 1.29 is 23.2 Å². The zero-order valence-electron chi connectivity index (χ0n) is 17.0. The van der Waals surface area contributed by atoms with Crippen molar-refractivity contribution in [3.8, 4) is 5.75 Å². The van der Waals surface area contributed by atoms with Crippen LogP contribution in [0.5, 0.6) is 5.75 Å². The van der Waals surface area contributed by atoms with Gasteiger partial charge in [-0.05, 0) is 53.1 Å². The normalized spacial score (nSPS) is 11.6. The number of carbonyl (C=O) groups excluding carboxylic acids is 1. The van der Waals surface area contributed by atoms with E-state index in [1.165, 1.54) is 36.7 Å². The number of nitrogens with one attached hydrogen (secondary N) is 1. The van der Waals surface area contributed by atoms with E-state index in [9.17, 15) is 13.2 Å². The number of methoxy groups -OCH3 is 1. The summed E-state index contributed by atoms with van der Waals surface area (Å²) in [6, 6.07) is 22.1. The molecule has 160 valence electrons. The van der Waals surface area contributed by atoms with Gasteiger partial charge in [0.2, 0.25) is 0 Å². The van der Waals surface area contributed by atoms with E-state index in [0.29, 0.717) is 22.6 Å². The molecule has 1 amide bonds. The van der Waals surface area contributed by atoms with Crippen LogP contribution in [0.3, 0.4) is 0 Å². The highest BCUT2D eigenvalue weighted by Crippen LogP contribution is 2.29. The Labute approximate surface area is 181 Å². The van der Waals surface area contributed by atoms with Crippen LogP contribution in [-0.2, 0) is 14.8 Å². The number of hydrogen-bond acceptors (Lipinski definition) is 5. The van der Waals surface area contributed by atoms with Crippen molar-refractivity contribution >= 4 is 27.2 Å². The first kappa shape index (κ1) is 22.1. The van der Waals surface area contributed by atoms with Gasteiger partial charge >= 0.3 is 0 Å². The van der Waals surface area contributed by atoms with Gasteiger partial charge in [0.05, 0.1) is 17.7 Å². The lowest BCUT2D eigenvalue weighted by molar-refractivity contribution is -0.124. The van der Waals surface area contributed by atoms with Crippen LogP contribution in [0.2, 0.25) is 0 Å². The maximum atomic E-state index is 13.1. The summed E-state index contributed by atoms with van der Waals surface area (Å²) in [6.07, 6.45) is 1.26. The molecule has 0 aliphatic heterocycles. The zero-order chi connectivity index (χ0) is 22.4. The van der Waals surface area contributed by atoms with E-state index in [0.717, 1.165) is 5.56 Å². The summed E-state index contributed by atoms with van der Waals surface area (Å²) in [6.45, 7) is 0. The quantitative estimate of drug-likeness (QED) is 0.335. The highest BCUT2D eigenvalue weighted by Gasteiger charge is 2.22. The molecule has 8 heteroatoms. The van der Waals surface area contributed by atoms with Gasteiger partial charge in [0.1, 0.15) is 5.75 Å². The molecule has 31 heavy (non-hydrogen) atoms. The number of benzene rings is 3. The van der Waals surface area contributed by atoms with Crippen molar-refractivity contribution in [3.05, 3.63) is 96.1 Å². The number of carbonyl (C=O) groups is 1. The van der Waals surface area contributed by atoms with Crippen molar-refractivity contribution in [1.82, 2.24) is 5.48 Å². The van der Waals surface area contributed by atoms with Gasteiger partial charge in [-0.1, -0.05) is 42.5 Å². The number of amides is 1. The third-order valence-corrected chi connectivity index (χ3v) is 6.51. The molecule has 0 saturated carbocycles. The van der Waals surface area contributed by atoms with Crippen LogP contribution >= 0.6 is 0 Å². The van der Waals surface area contributed by atoms with E-state index in [4.69, 9.17) is 9.94 Å². The van der Waals surface area contributed by atoms with Gasteiger partial charge in [0.15, 0.2) is 0 Å². The Morgan fingerprint density at radius 3 is 2.23 bits per heavy atom. The maximum Gasteiger partial charge on any atom is 0.267 e. The topological polar surface area (TPSA) is 95.9 Å². The lowest BCUT2D eigenvalue weighted by Gasteiger charge is -2.21. The monoisotopic (exact) mass is 438 g/mol.